The van der Waals surface area contributed by atoms with Gasteiger partial charge in [0.25, 0.3) is 0 Å². The van der Waals surface area contributed by atoms with Crippen molar-refractivity contribution in [3.05, 3.63) is 29.8 Å². The fourth-order valence-corrected chi connectivity index (χ4v) is 2.15. The third-order valence-corrected chi connectivity index (χ3v) is 2.97. The Morgan fingerprint density at radius 2 is 2.31 bits per heavy atom. The Labute approximate surface area is 93.5 Å². The van der Waals surface area contributed by atoms with E-state index in [4.69, 9.17) is 4.74 Å². The maximum absolute atomic E-state index is 11.3. The number of hydrogen-bond donors (Lipinski definition) is 0. The van der Waals surface area contributed by atoms with Crippen molar-refractivity contribution in [3.63, 3.8) is 0 Å². The number of hydrogen-bond acceptors (Lipinski definition) is 3. The second-order valence-corrected chi connectivity index (χ2v) is 4.09. The van der Waals surface area contributed by atoms with Crippen LogP contribution in [0.5, 0.6) is 5.75 Å². The van der Waals surface area contributed by atoms with E-state index in [0.29, 0.717) is 13.2 Å². The van der Waals surface area contributed by atoms with Crippen molar-refractivity contribution >= 4 is 11.6 Å². The van der Waals surface area contributed by atoms with E-state index in [2.05, 4.69) is 5.10 Å². The first-order valence-corrected chi connectivity index (χ1v) is 5.34. The van der Waals surface area contributed by atoms with Gasteiger partial charge in [0.05, 0.1) is 24.8 Å². The molecule has 0 bridgehead atoms. The topological polar surface area (TPSA) is 41.9 Å². The quantitative estimate of drug-likeness (QED) is 0.655. The summed E-state index contributed by atoms with van der Waals surface area (Å²) in [4.78, 5) is 11.3. The molecule has 16 heavy (non-hydrogen) atoms. The third-order valence-electron chi connectivity index (χ3n) is 2.97. The summed E-state index contributed by atoms with van der Waals surface area (Å²) in [5.74, 6) is 1.07. The number of benzene rings is 1. The van der Waals surface area contributed by atoms with Crippen molar-refractivity contribution in [2.24, 2.45) is 11.0 Å². The molecule has 0 radical (unpaired) electrons. The molecule has 4 nitrogen and oxygen atoms in total. The molecule has 2 heterocycles. The summed E-state index contributed by atoms with van der Waals surface area (Å²) in [6.45, 7) is 2.78. The summed E-state index contributed by atoms with van der Waals surface area (Å²) in [6, 6.07) is 7.83. The molecule has 0 saturated heterocycles. The highest BCUT2D eigenvalue weighted by Gasteiger charge is 2.34. The third kappa shape index (κ3) is 1.30. The molecule has 0 spiro atoms. The SMILES string of the molecule is CC(=O)N1CC2COc3ccccc3C2=N1. The molecule has 2 aliphatic rings. The van der Waals surface area contributed by atoms with E-state index < -0.39 is 0 Å². The zero-order chi connectivity index (χ0) is 11.1. The van der Waals surface area contributed by atoms with Crippen LogP contribution in [0.3, 0.4) is 0 Å². The van der Waals surface area contributed by atoms with Crippen LogP contribution in [0.25, 0.3) is 0 Å². The van der Waals surface area contributed by atoms with Crippen LogP contribution in [0, 0.1) is 5.92 Å². The van der Waals surface area contributed by atoms with Gasteiger partial charge in [0.1, 0.15) is 5.75 Å². The van der Waals surface area contributed by atoms with E-state index in [-0.39, 0.29) is 11.8 Å². The molecule has 0 N–H and O–H groups in total. The van der Waals surface area contributed by atoms with Crippen molar-refractivity contribution in [1.29, 1.82) is 0 Å². The van der Waals surface area contributed by atoms with Crippen LogP contribution in [0.2, 0.25) is 0 Å². The lowest BCUT2D eigenvalue weighted by Crippen LogP contribution is -2.30. The minimum Gasteiger partial charge on any atom is -0.492 e. The summed E-state index contributed by atoms with van der Waals surface area (Å²) < 4.78 is 5.65. The monoisotopic (exact) mass is 216 g/mol. The maximum Gasteiger partial charge on any atom is 0.239 e. The molecular weight excluding hydrogens is 204 g/mol. The van der Waals surface area contributed by atoms with Crippen LogP contribution < -0.4 is 4.74 Å². The number of rotatable bonds is 0. The van der Waals surface area contributed by atoms with Gasteiger partial charge in [0.2, 0.25) is 5.91 Å². The minimum atomic E-state index is -0.0145. The molecule has 1 amide bonds. The molecule has 3 rings (SSSR count). The van der Waals surface area contributed by atoms with Crippen molar-refractivity contribution < 1.29 is 9.53 Å². The molecule has 0 aromatic heterocycles. The van der Waals surface area contributed by atoms with Crippen molar-refractivity contribution in [1.82, 2.24) is 5.01 Å². The van der Waals surface area contributed by atoms with Gasteiger partial charge < -0.3 is 4.74 Å². The lowest BCUT2D eigenvalue weighted by molar-refractivity contribution is -0.128. The Hall–Kier alpha value is -1.84. The fourth-order valence-electron chi connectivity index (χ4n) is 2.15. The first-order valence-electron chi connectivity index (χ1n) is 5.34. The molecule has 2 aliphatic heterocycles. The molecule has 4 heteroatoms. The smallest absolute Gasteiger partial charge is 0.239 e. The van der Waals surface area contributed by atoms with Crippen LogP contribution >= 0.6 is 0 Å². The number of fused-ring (bicyclic) bond motifs is 3. The number of carbonyl (C=O) groups is 1. The minimum absolute atomic E-state index is 0.0145. The summed E-state index contributed by atoms with van der Waals surface area (Å²) in [6.07, 6.45) is 0. The second-order valence-electron chi connectivity index (χ2n) is 4.09. The maximum atomic E-state index is 11.3. The molecule has 1 aromatic rings. The number of para-hydroxylation sites is 1. The Balaban J connectivity index is 2.04. The van der Waals surface area contributed by atoms with Gasteiger partial charge in [-0.1, -0.05) is 12.1 Å². The Bertz CT molecular complexity index is 482. The molecule has 1 unspecified atom stereocenters. The van der Waals surface area contributed by atoms with E-state index in [0.717, 1.165) is 17.0 Å². The van der Waals surface area contributed by atoms with Crippen LogP contribution in [-0.2, 0) is 4.79 Å². The van der Waals surface area contributed by atoms with Gasteiger partial charge in [-0.25, -0.2) is 5.01 Å². The molecule has 82 valence electrons. The van der Waals surface area contributed by atoms with Gasteiger partial charge in [-0.05, 0) is 12.1 Å². The van der Waals surface area contributed by atoms with Gasteiger partial charge >= 0.3 is 0 Å². The van der Waals surface area contributed by atoms with E-state index in [1.807, 2.05) is 24.3 Å². The highest BCUT2D eigenvalue weighted by Crippen LogP contribution is 2.31. The second kappa shape index (κ2) is 3.33. The Morgan fingerprint density at radius 3 is 3.12 bits per heavy atom. The number of amides is 1. The summed E-state index contributed by atoms with van der Waals surface area (Å²) in [5, 5.41) is 5.89. The van der Waals surface area contributed by atoms with E-state index in [1.165, 1.54) is 11.9 Å². The standard InChI is InChI=1S/C12H12N2O2/c1-8(15)14-6-9-7-16-11-5-3-2-4-10(11)12(9)13-14/h2-5,9H,6-7H2,1H3. The highest BCUT2D eigenvalue weighted by atomic mass is 16.5. The fraction of sp³-hybridized carbons (Fsp3) is 0.333. The number of carbonyl (C=O) groups excluding carboxylic acids is 1. The number of hydrazone groups is 1. The summed E-state index contributed by atoms with van der Waals surface area (Å²) in [7, 11) is 0. The summed E-state index contributed by atoms with van der Waals surface area (Å²) >= 11 is 0. The molecular formula is C12H12N2O2. The van der Waals surface area contributed by atoms with E-state index in [1.54, 1.807) is 0 Å². The Morgan fingerprint density at radius 1 is 1.50 bits per heavy atom. The zero-order valence-corrected chi connectivity index (χ0v) is 9.01. The summed E-state index contributed by atoms with van der Waals surface area (Å²) in [5.41, 5.74) is 2.00. The van der Waals surface area contributed by atoms with Gasteiger partial charge in [0, 0.05) is 12.5 Å². The van der Waals surface area contributed by atoms with Crippen LogP contribution in [-0.4, -0.2) is 29.8 Å². The van der Waals surface area contributed by atoms with Crippen molar-refractivity contribution in [3.8, 4) is 5.75 Å². The van der Waals surface area contributed by atoms with Gasteiger partial charge in [-0.15, -0.1) is 0 Å². The molecule has 0 aliphatic carbocycles. The van der Waals surface area contributed by atoms with Crippen molar-refractivity contribution in [2.75, 3.05) is 13.2 Å². The predicted molar refractivity (Wildman–Crippen MR) is 59.4 cm³/mol. The zero-order valence-electron chi connectivity index (χ0n) is 9.01. The van der Waals surface area contributed by atoms with Crippen LogP contribution in [0.1, 0.15) is 12.5 Å². The van der Waals surface area contributed by atoms with Crippen LogP contribution in [0.4, 0.5) is 0 Å². The molecule has 0 saturated carbocycles. The number of ether oxygens (including phenoxy) is 1. The lowest BCUT2D eigenvalue weighted by Gasteiger charge is -2.22. The van der Waals surface area contributed by atoms with Crippen molar-refractivity contribution in [2.45, 2.75) is 6.92 Å². The largest absolute Gasteiger partial charge is 0.492 e. The lowest BCUT2D eigenvalue weighted by atomic mass is 9.95. The Kier molecular flexibility index (Phi) is 1.96. The van der Waals surface area contributed by atoms with E-state index in [9.17, 15) is 4.79 Å². The average molecular weight is 216 g/mol. The highest BCUT2D eigenvalue weighted by molar-refractivity contribution is 6.07. The van der Waals surface area contributed by atoms with Gasteiger partial charge in [-0.3, -0.25) is 4.79 Å². The normalized spacial score (nSPS) is 21.9. The van der Waals surface area contributed by atoms with Gasteiger partial charge in [0.15, 0.2) is 0 Å². The average Bonchev–Trinajstić information content (AvgIpc) is 2.73. The van der Waals surface area contributed by atoms with Crippen LogP contribution in [0.15, 0.2) is 29.4 Å². The molecule has 1 aromatic carbocycles. The first kappa shape index (κ1) is 9.39. The number of nitrogens with zero attached hydrogens (tertiary/aromatic N) is 2. The van der Waals surface area contributed by atoms with Gasteiger partial charge in [-0.2, -0.15) is 5.10 Å². The van der Waals surface area contributed by atoms with E-state index >= 15 is 0 Å². The first-order chi connectivity index (χ1) is 7.75. The predicted octanol–water partition coefficient (Wildman–Crippen LogP) is 1.26. The molecule has 0 fully saturated rings. The molecule has 1 atom stereocenters.